The van der Waals surface area contributed by atoms with E-state index in [-0.39, 0.29) is 24.3 Å². The van der Waals surface area contributed by atoms with Crippen LogP contribution >= 0.6 is 0 Å². The SMILES string of the molecule is CCOC(=O)CC(O)C(O)c1cc(CC(=O)O)ccc1O. The number of aromatic hydroxyl groups is 1. The fourth-order valence-electron chi connectivity index (χ4n) is 1.84. The molecule has 2 atom stereocenters. The lowest BCUT2D eigenvalue weighted by Crippen LogP contribution is -2.23. The van der Waals surface area contributed by atoms with Gasteiger partial charge in [-0.25, -0.2) is 0 Å². The summed E-state index contributed by atoms with van der Waals surface area (Å²) >= 11 is 0. The number of benzene rings is 1. The third-order valence-corrected chi connectivity index (χ3v) is 2.81. The molecule has 1 aromatic rings. The molecular weight excluding hydrogens is 280 g/mol. The Labute approximate surface area is 121 Å². The van der Waals surface area contributed by atoms with Crippen molar-refractivity contribution in [2.45, 2.75) is 32.0 Å². The number of aliphatic hydroxyl groups is 2. The Morgan fingerprint density at radius 2 is 1.95 bits per heavy atom. The van der Waals surface area contributed by atoms with Gasteiger partial charge in [-0.1, -0.05) is 6.07 Å². The molecule has 0 aliphatic rings. The summed E-state index contributed by atoms with van der Waals surface area (Å²) < 4.78 is 4.65. The number of carbonyl (C=O) groups is 2. The first-order valence-corrected chi connectivity index (χ1v) is 6.40. The molecule has 0 saturated carbocycles. The molecule has 1 aromatic carbocycles. The Morgan fingerprint density at radius 3 is 2.52 bits per heavy atom. The van der Waals surface area contributed by atoms with Crippen LogP contribution in [0.4, 0.5) is 0 Å². The average Bonchev–Trinajstić information content (AvgIpc) is 2.39. The minimum absolute atomic E-state index is 0.0365. The summed E-state index contributed by atoms with van der Waals surface area (Å²) in [4.78, 5) is 21.9. The number of ether oxygens (including phenoxy) is 1. The monoisotopic (exact) mass is 298 g/mol. The minimum atomic E-state index is -1.52. The molecule has 0 aromatic heterocycles. The van der Waals surface area contributed by atoms with E-state index in [4.69, 9.17) is 5.11 Å². The second-order valence-electron chi connectivity index (χ2n) is 4.49. The highest BCUT2D eigenvalue weighted by Crippen LogP contribution is 2.29. The first-order valence-electron chi connectivity index (χ1n) is 6.40. The number of phenols is 1. The van der Waals surface area contributed by atoms with Gasteiger partial charge in [-0.15, -0.1) is 0 Å². The molecule has 0 aliphatic carbocycles. The van der Waals surface area contributed by atoms with E-state index >= 15 is 0 Å². The van der Waals surface area contributed by atoms with E-state index in [1.165, 1.54) is 18.2 Å². The van der Waals surface area contributed by atoms with E-state index < -0.39 is 30.6 Å². The smallest absolute Gasteiger partial charge is 0.308 e. The maximum atomic E-state index is 11.3. The summed E-state index contributed by atoms with van der Waals surface area (Å²) in [6.45, 7) is 1.77. The molecule has 7 nitrogen and oxygen atoms in total. The van der Waals surface area contributed by atoms with Crippen molar-refractivity contribution in [3.05, 3.63) is 29.3 Å². The number of hydrogen-bond acceptors (Lipinski definition) is 6. The largest absolute Gasteiger partial charge is 0.508 e. The predicted molar refractivity (Wildman–Crippen MR) is 71.7 cm³/mol. The van der Waals surface area contributed by atoms with Gasteiger partial charge in [0.2, 0.25) is 0 Å². The third kappa shape index (κ3) is 5.05. The van der Waals surface area contributed by atoms with Gasteiger partial charge in [0.05, 0.1) is 25.6 Å². The van der Waals surface area contributed by atoms with E-state index in [0.717, 1.165) is 0 Å². The van der Waals surface area contributed by atoms with E-state index in [1.807, 2.05) is 0 Å². The number of carboxylic acids is 1. The first-order chi connectivity index (χ1) is 9.85. The van der Waals surface area contributed by atoms with Crippen LogP contribution in [0, 0.1) is 0 Å². The second-order valence-corrected chi connectivity index (χ2v) is 4.49. The first kappa shape index (κ1) is 16.9. The summed E-state index contributed by atoms with van der Waals surface area (Å²) in [5.74, 6) is -2.03. The van der Waals surface area contributed by atoms with Crippen LogP contribution in [-0.2, 0) is 20.7 Å². The van der Waals surface area contributed by atoms with Crippen molar-refractivity contribution < 1.29 is 34.8 Å². The van der Waals surface area contributed by atoms with Crippen LogP contribution in [0.5, 0.6) is 5.75 Å². The maximum absolute atomic E-state index is 11.3. The molecule has 7 heteroatoms. The van der Waals surface area contributed by atoms with Crippen molar-refractivity contribution in [2.75, 3.05) is 6.61 Å². The van der Waals surface area contributed by atoms with Crippen molar-refractivity contribution in [3.63, 3.8) is 0 Å². The van der Waals surface area contributed by atoms with Crippen molar-refractivity contribution in [2.24, 2.45) is 0 Å². The summed E-state index contributed by atoms with van der Waals surface area (Å²) in [5.41, 5.74) is 0.322. The molecule has 21 heavy (non-hydrogen) atoms. The lowest BCUT2D eigenvalue weighted by molar-refractivity contribution is -0.147. The zero-order chi connectivity index (χ0) is 16.0. The number of esters is 1. The van der Waals surface area contributed by atoms with Crippen molar-refractivity contribution >= 4 is 11.9 Å². The summed E-state index contributed by atoms with van der Waals surface area (Å²) in [5, 5.41) is 38.2. The Kier molecular flexibility index (Phi) is 6.13. The van der Waals surface area contributed by atoms with Crippen LogP contribution in [0.1, 0.15) is 30.6 Å². The molecule has 0 aliphatic heterocycles. The van der Waals surface area contributed by atoms with Gasteiger partial charge in [0.25, 0.3) is 0 Å². The number of rotatable bonds is 7. The van der Waals surface area contributed by atoms with Crippen LogP contribution < -0.4 is 0 Å². The normalized spacial score (nSPS) is 13.5. The predicted octanol–water partition coefficient (Wildman–Crippen LogP) is 0.367. The fraction of sp³-hybridized carbons (Fsp3) is 0.429. The molecule has 0 heterocycles. The van der Waals surface area contributed by atoms with E-state index in [9.17, 15) is 24.9 Å². The van der Waals surface area contributed by atoms with Gasteiger partial charge in [0.1, 0.15) is 11.9 Å². The van der Waals surface area contributed by atoms with Gasteiger partial charge in [0.15, 0.2) is 0 Å². The highest BCUT2D eigenvalue weighted by molar-refractivity contribution is 5.71. The number of carboxylic acid groups (broad SMARTS) is 1. The van der Waals surface area contributed by atoms with Crippen LogP contribution in [0.15, 0.2) is 18.2 Å². The van der Waals surface area contributed by atoms with Gasteiger partial charge in [-0.2, -0.15) is 0 Å². The van der Waals surface area contributed by atoms with E-state index in [2.05, 4.69) is 4.74 Å². The molecule has 0 spiro atoms. The van der Waals surface area contributed by atoms with Crippen LogP contribution in [-0.4, -0.2) is 45.1 Å². The molecule has 116 valence electrons. The van der Waals surface area contributed by atoms with Gasteiger partial charge in [-0.3, -0.25) is 9.59 Å². The van der Waals surface area contributed by atoms with Gasteiger partial charge in [0, 0.05) is 5.56 Å². The standard InChI is InChI=1S/C14H18O7/c1-2-21-13(19)7-11(16)14(20)9-5-8(6-12(17)18)3-4-10(9)15/h3-5,11,14-16,20H,2,6-7H2,1H3,(H,17,18). The number of aliphatic carboxylic acids is 1. The topological polar surface area (TPSA) is 124 Å². The quantitative estimate of drug-likeness (QED) is 0.536. The lowest BCUT2D eigenvalue weighted by Gasteiger charge is -2.19. The maximum Gasteiger partial charge on any atom is 0.308 e. The zero-order valence-corrected chi connectivity index (χ0v) is 11.5. The summed E-state index contributed by atoms with van der Waals surface area (Å²) in [6.07, 6.45) is -3.70. The zero-order valence-electron chi connectivity index (χ0n) is 11.5. The van der Waals surface area contributed by atoms with Crippen LogP contribution in [0.2, 0.25) is 0 Å². The minimum Gasteiger partial charge on any atom is -0.508 e. The third-order valence-electron chi connectivity index (χ3n) is 2.81. The number of aliphatic hydroxyl groups excluding tert-OH is 2. The van der Waals surface area contributed by atoms with Crippen molar-refractivity contribution in [1.82, 2.24) is 0 Å². The summed E-state index contributed by atoms with van der Waals surface area (Å²) in [7, 11) is 0. The number of hydrogen-bond donors (Lipinski definition) is 4. The number of phenolic OH excluding ortho intramolecular Hbond substituents is 1. The lowest BCUT2D eigenvalue weighted by atomic mass is 9.98. The Hall–Kier alpha value is -2.12. The highest BCUT2D eigenvalue weighted by Gasteiger charge is 2.24. The van der Waals surface area contributed by atoms with Crippen molar-refractivity contribution in [3.8, 4) is 5.75 Å². The van der Waals surface area contributed by atoms with Crippen molar-refractivity contribution in [1.29, 1.82) is 0 Å². The van der Waals surface area contributed by atoms with Gasteiger partial charge >= 0.3 is 11.9 Å². The molecule has 4 N–H and O–H groups in total. The molecule has 0 bridgehead atoms. The molecule has 0 fully saturated rings. The second kappa shape index (κ2) is 7.61. The molecule has 1 rings (SSSR count). The molecule has 2 unspecified atom stereocenters. The highest BCUT2D eigenvalue weighted by atomic mass is 16.5. The fourth-order valence-corrected chi connectivity index (χ4v) is 1.84. The summed E-state index contributed by atoms with van der Waals surface area (Å²) in [6, 6.07) is 3.91. The Morgan fingerprint density at radius 1 is 1.29 bits per heavy atom. The molecular formula is C14H18O7. The van der Waals surface area contributed by atoms with Gasteiger partial charge < -0.3 is 25.2 Å². The van der Waals surface area contributed by atoms with Crippen LogP contribution in [0.3, 0.4) is 0 Å². The molecule has 0 saturated heterocycles. The van der Waals surface area contributed by atoms with E-state index in [0.29, 0.717) is 5.56 Å². The van der Waals surface area contributed by atoms with Crippen LogP contribution in [0.25, 0.3) is 0 Å². The Balaban J connectivity index is 2.87. The van der Waals surface area contributed by atoms with E-state index in [1.54, 1.807) is 6.92 Å². The molecule has 0 amide bonds. The average molecular weight is 298 g/mol. The Bertz CT molecular complexity index is 512. The number of carbonyl (C=O) groups excluding carboxylic acids is 1. The molecule has 0 radical (unpaired) electrons. The van der Waals surface area contributed by atoms with Gasteiger partial charge in [-0.05, 0) is 24.6 Å².